The fourth-order valence-corrected chi connectivity index (χ4v) is 3.49. The summed E-state index contributed by atoms with van der Waals surface area (Å²) in [5.41, 5.74) is 3.21. The van der Waals surface area contributed by atoms with Crippen molar-refractivity contribution >= 4 is 10.9 Å². The van der Waals surface area contributed by atoms with E-state index in [1.165, 1.54) is 36.8 Å². The summed E-state index contributed by atoms with van der Waals surface area (Å²) in [5.74, 6) is 0.732. The largest absolute Gasteiger partial charge is 0.344 e. The highest BCUT2D eigenvalue weighted by atomic mass is 15.0. The van der Waals surface area contributed by atoms with Gasteiger partial charge in [0.25, 0.3) is 0 Å². The van der Waals surface area contributed by atoms with Crippen LogP contribution in [0.5, 0.6) is 0 Å². The SMILES string of the molecule is Cc1cc(C#N)c2ccn([C@@H]3CCCC[C@@H]3C)c2c1. The number of aryl methyl sites for hydroxylation is 1. The van der Waals surface area contributed by atoms with Crippen molar-refractivity contribution in [2.45, 2.75) is 45.6 Å². The van der Waals surface area contributed by atoms with E-state index in [9.17, 15) is 5.26 Å². The first kappa shape index (κ1) is 12.3. The molecule has 1 aliphatic carbocycles. The number of hydrogen-bond donors (Lipinski definition) is 0. The molecule has 0 spiro atoms. The Hall–Kier alpha value is -1.75. The van der Waals surface area contributed by atoms with Crippen molar-refractivity contribution in [2.75, 3.05) is 0 Å². The molecule has 0 N–H and O–H groups in total. The molecule has 1 heterocycles. The van der Waals surface area contributed by atoms with Gasteiger partial charge < -0.3 is 4.57 Å². The van der Waals surface area contributed by atoms with Crippen LogP contribution in [0, 0.1) is 24.2 Å². The van der Waals surface area contributed by atoms with Gasteiger partial charge in [0.2, 0.25) is 0 Å². The van der Waals surface area contributed by atoms with Crippen molar-refractivity contribution in [3.8, 4) is 6.07 Å². The lowest BCUT2D eigenvalue weighted by molar-refractivity contribution is 0.263. The highest BCUT2D eigenvalue weighted by Gasteiger charge is 2.24. The zero-order valence-corrected chi connectivity index (χ0v) is 11.7. The first-order valence-corrected chi connectivity index (χ1v) is 7.22. The van der Waals surface area contributed by atoms with Crippen molar-refractivity contribution < 1.29 is 0 Å². The van der Waals surface area contributed by atoms with Gasteiger partial charge in [0.15, 0.2) is 0 Å². The van der Waals surface area contributed by atoms with E-state index in [-0.39, 0.29) is 0 Å². The van der Waals surface area contributed by atoms with E-state index in [4.69, 9.17) is 0 Å². The third kappa shape index (κ3) is 2.04. The number of fused-ring (bicyclic) bond motifs is 1. The van der Waals surface area contributed by atoms with Crippen LogP contribution in [0.3, 0.4) is 0 Å². The van der Waals surface area contributed by atoms with Crippen LogP contribution in [0.4, 0.5) is 0 Å². The van der Waals surface area contributed by atoms with E-state index in [2.05, 4.69) is 42.8 Å². The predicted octanol–water partition coefficient (Wildman–Crippen LogP) is 4.57. The second kappa shape index (κ2) is 4.74. The van der Waals surface area contributed by atoms with Gasteiger partial charge >= 0.3 is 0 Å². The molecule has 1 fully saturated rings. The summed E-state index contributed by atoms with van der Waals surface area (Å²) in [4.78, 5) is 0. The van der Waals surface area contributed by atoms with Gasteiger partial charge in [-0.15, -0.1) is 0 Å². The predicted molar refractivity (Wildman–Crippen MR) is 78.1 cm³/mol. The summed E-state index contributed by atoms with van der Waals surface area (Å²) in [6, 6.07) is 9.23. The van der Waals surface area contributed by atoms with Gasteiger partial charge in [-0.1, -0.05) is 19.8 Å². The van der Waals surface area contributed by atoms with Gasteiger partial charge in [0.05, 0.1) is 11.6 Å². The molecular weight excluding hydrogens is 232 g/mol. The highest BCUT2D eigenvalue weighted by molar-refractivity contribution is 5.87. The van der Waals surface area contributed by atoms with Crippen LogP contribution in [0.2, 0.25) is 0 Å². The molecule has 0 bridgehead atoms. The van der Waals surface area contributed by atoms with E-state index >= 15 is 0 Å². The van der Waals surface area contributed by atoms with Crippen LogP contribution in [0.1, 0.15) is 49.8 Å². The molecule has 3 rings (SSSR count). The van der Waals surface area contributed by atoms with Gasteiger partial charge in [-0.25, -0.2) is 0 Å². The molecule has 2 atom stereocenters. The normalized spacial score (nSPS) is 23.4. The molecule has 1 aliphatic rings. The lowest BCUT2D eigenvalue weighted by Gasteiger charge is -2.30. The number of hydrogen-bond acceptors (Lipinski definition) is 1. The molecule has 0 amide bonds. The average molecular weight is 252 g/mol. The maximum atomic E-state index is 9.27. The van der Waals surface area contributed by atoms with Crippen LogP contribution in [-0.2, 0) is 0 Å². The van der Waals surface area contributed by atoms with Crippen LogP contribution < -0.4 is 0 Å². The van der Waals surface area contributed by atoms with Gasteiger partial charge in [-0.3, -0.25) is 0 Å². The summed E-state index contributed by atoms with van der Waals surface area (Å²) >= 11 is 0. The molecule has 0 radical (unpaired) electrons. The minimum atomic E-state index is 0.597. The highest BCUT2D eigenvalue weighted by Crippen LogP contribution is 2.36. The van der Waals surface area contributed by atoms with E-state index in [0.29, 0.717) is 6.04 Å². The molecule has 0 aliphatic heterocycles. The van der Waals surface area contributed by atoms with E-state index in [1.807, 2.05) is 6.07 Å². The number of aromatic nitrogens is 1. The third-order valence-corrected chi connectivity index (χ3v) is 4.53. The summed E-state index contributed by atoms with van der Waals surface area (Å²) in [7, 11) is 0. The molecule has 2 heteroatoms. The Morgan fingerprint density at radius 1 is 1.26 bits per heavy atom. The van der Waals surface area contributed by atoms with Crippen molar-refractivity contribution in [1.29, 1.82) is 5.26 Å². The Morgan fingerprint density at radius 2 is 2.05 bits per heavy atom. The van der Waals surface area contributed by atoms with Crippen molar-refractivity contribution in [1.82, 2.24) is 4.57 Å². The number of nitrogens with zero attached hydrogens (tertiary/aromatic N) is 2. The molecule has 1 aromatic carbocycles. The van der Waals surface area contributed by atoms with Crippen LogP contribution in [0.25, 0.3) is 10.9 Å². The molecule has 19 heavy (non-hydrogen) atoms. The van der Waals surface area contributed by atoms with Gasteiger partial charge in [-0.05, 0) is 49.4 Å². The Morgan fingerprint density at radius 3 is 2.79 bits per heavy atom. The van der Waals surface area contributed by atoms with Crippen LogP contribution in [0.15, 0.2) is 24.4 Å². The summed E-state index contributed by atoms with van der Waals surface area (Å²) in [6.07, 6.45) is 7.45. The molecule has 1 saturated carbocycles. The first-order chi connectivity index (χ1) is 9.20. The maximum absolute atomic E-state index is 9.27. The number of benzene rings is 1. The van der Waals surface area contributed by atoms with Gasteiger partial charge in [0, 0.05) is 23.1 Å². The minimum absolute atomic E-state index is 0.597. The zero-order valence-electron chi connectivity index (χ0n) is 11.7. The monoisotopic (exact) mass is 252 g/mol. The van der Waals surface area contributed by atoms with Crippen molar-refractivity contribution in [3.05, 3.63) is 35.5 Å². The smallest absolute Gasteiger partial charge is 0.0998 e. The minimum Gasteiger partial charge on any atom is -0.344 e. The molecule has 0 saturated heterocycles. The van der Waals surface area contributed by atoms with Crippen molar-refractivity contribution in [3.63, 3.8) is 0 Å². The van der Waals surface area contributed by atoms with Crippen molar-refractivity contribution in [2.24, 2.45) is 5.92 Å². The standard InChI is InChI=1S/C17H20N2/c1-12-9-14(11-18)15-7-8-19(17(15)10-12)16-6-4-3-5-13(16)2/h7-10,13,16H,3-6H2,1-2H3/t13-,16+/m0/s1. The Kier molecular flexibility index (Phi) is 3.06. The summed E-state index contributed by atoms with van der Waals surface area (Å²) < 4.78 is 2.41. The Bertz CT molecular complexity index is 645. The third-order valence-electron chi connectivity index (χ3n) is 4.53. The molecule has 1 aromatic heterocycles. The molecule has 2 aromatic rings. The van der Waals surface area contributed by atoms with E-state index < -0.39 is 0 Å². The zero-order chi connectivity index (χ0) is 13.4. The molecule has 2 nitrogen and oxygen atoms in total. The molecular formula is C17H20N2. The Balaban J connectivity index is 2.15. The lowest BCUT2D eigenvalue weighted by Crippen LogP contribution is -2.20. The van der Waals surface area contributed by atoms with Gasteiger partial charge in [-0.2, -0.15) is 5.26 Å². The average Bonchev–Trinajstić information content (AvgIpc) is 2.82. The number of rotatable bonds is 1. The first-order valence-electron chi connectivity index (χ1n) is 7.22. The van der Waals surface area contributed by atoms with Gasteiger partial charge in [0.1, 0.15) is 0 Å². The second-order valence-electron chi connectivity index (χ2n) is 5.91. The van der Waals surface area contributed by atoms with E-state index in [0.717, 1.165) is 16.9 Å². The lowest BCUT2D eigenvalue weighted by atomic mass is 9.85. The van der Waals surface area contributed by atoms with Crippen LogP contribution in [-0.4, -0.2) is 4.57 Å². The van der Waals surface area contributed by atoms with Crippen LogP contribution >= 0.6 is 0 Å². The summed E-state index contributed by atoms with van der Waals surface area (Å²) in [6.45, 7) is 4.43. The number of nitriles is 1. The fourth-order valence-electron chi connectivity index (χ4n) is 3.49. The fraction of sp³-hybridized carbons (Fsp3) is 0.471. The maximum Gasteiger partial charge on any atom is 0.0998 e. The topological polar surface area (TPSA) is 28.7 Å². The Labute approximate surface area is 114 Å². The quantitative estimate of drug-likeness (QED) is 0.730. The summed E-state index contributed by atoms with van der Waals surface area (Å²) in [5, 5.41) is 10.4. The molecule has 98 valence electrons. The second-order valence-corrected chi connectivity index (χ2v) is 5.91. The molecule has 0 unspecified atom stereocenters. The van der Waals surface area contributed by atoms with E-state index in [1.54, 1.807) is 0 Å².